The van der Waals surface area contributed by atoms with Crippen molar-refractivity contribution in [2.75, 3.05) is 44.7 Å². The lowest BCUT2D eigenvalue weighted by Crippen LogP contribution is -2.40. The van der Waals surface area contributed by atoms with Crippen molar-refractivity contribution in [1.29, 1.82) is 0 Å². The number of amides is 2. The number of hydrogen-bond donors (Lipinski definition) is 2. The fraction of sp³-hybridized carbons (Fsp3) is 0.409. The summed E-state index contributed by atoms with van der Waals surface area (Å²) in [6.07, 6.45) is 1.03. The van der Waals surface area contributed by atoms with Gasteiger partial charge in [0.05, 0.1) is 19.3 Å². The normalized spacial score (nSPS) is 17.1. The molecule has 0 unspecified atom stereocenters. The fourth-order valence-corrected chi connectivity index (χ4v) is 3.26. The molecule has 0 radical (unpaired) electrons. The molecule has 6 heteroatoms. The Kier molecular flexibility index (Phi) is 7.70. The van der Waals surface area contributed by atoms with Gasteiger partial charge in [-0.25, -0.2) is 4.79 Å². The molecule has 1 atom stereocenters. The summed E-state index contributed by atoms with van der Waals surface area (Å²) in [5.41, 5.74) is 1.97. The van der Waals surface area contributed by atoms with E-state index in [-0.39, 0.29) is 12.1 Å². The van der Waals surface area contributed by atoms with Crippen molar-refractivity contribution in [2.45, 2.75) is 19.4 Å². The third kappa shape index (κ3) is 6.25. The summed E-state index contributed by atoms with van der Waals surface area (Å²) in [6.45, 7) is 6.71. The molecular weight excluding hydrogens is 354 g/mol. The van der Waals surface area contributed by atoms with Crippen molar-refractivity contribution in [3.8, 4) is 5.75 Å². The van der Waals surface area contributed by atoms with Crippen LogP contribution in [-0.2, 0) is 4.74 Å². The largest absolute Gasteiger partial charge is 0.494 e. The quantitative estimate of drug-likeness (QED) is 0.683. The Hall–Kier alpha value is -2.57. The van der Waals surface area contributed by atoms with Crippen LogP contribution in [0.25, 0.3) is 0 Å². The van der Waals surface area contributed by atoms with Gasteiger partial charge in [0, 0.05) is 31.9 Å². The van der Waals surface area contributed by atoms with E-state index in [1.54, 1.807) is 0 Å². The Morgan fingerprint density at radius 2 is 1.96 bits per heavy atom. The minimum atomic E-state index is -0.187. The second-order valence-corrected chi connectivity index (χ2v) is 6.76. The fourth-order valence-electron chi connectivity index (χ4n) is 3.26. The molecule has 1 fully saturated rings. The number of rotatable bonds is 8. The third-order valence-electron chi connectivity index (χ3n) is 4.68. The van der Waals surface area contributed by atoms with E-state index in [1.165, 1.54) is 5.56 Å². The standard InChI is InChI=1S/C22H29N3O3/c1-2-27-20-11-9-19(10-12-20)24-22(26)23-13-6-14-25-15-16-28-21(17-25)18-7-4-3-5-8-18/h3-5,7-12,21H,2,6,13-17H2,1H3,(H2,23,24,26)/t21-/m0/s1. The molecule has 1 aliphatic rings. The summed E-state index contributed by atoms with van der Waals surface area (Å²) in [6, 6.07) is 17.5. The van der Waals surface area contributed by atoms with Gasteiger partial charge in [0.15, 0.2) is 0 Å². The molecule has 0 saturated carbocycles. The number of carbonyl (C=O) groups excluding carboxylic acids is 1. The van der Waals surface area contributed by atoms with Crippen LogP contribution >= 0.6 is 0 Å². The number of ether oxygens (including phenoxy) is 2. The van der Waals surface area contributed by atoms with Crippen LogP contribution in [0.3, 0.4) is 0 Å². The molecule has 0 bridgehead atoms. The van der Waals surface area contributed by atoms with E-state index in [2.05, 4.69) is 27.7 Å². The topological polar surface area (TPSA) is 62.8 Å². The van der Waals surface area contributed by atoms with Crippen molar-refractivity contribution in [3.05, 3.63) is 60.2 Å². The predicted molar refractivity (Wildman–Crippen MR) is 111 cm³/mol. The molecule has 1 saturated heterocycles. The van der Waals surface area contributed by atoms with Gasteiger partial charge in [0.1, 0.15) is 5.75 Å². The molecule has 0 spiro atoms. The van der Waals surface area contributed by atoms with Gasteiger partial charge in [-0.1, -0.05) is 30.3 Å². The average Bonchev–Trinajstić information content (AvgIpc) is 2.74. The number of hydrogen-bond acceptors (Lipinski definition) is 4. The van der Waals surface area contributed by atoms with Crippen LogP contribution < -0.4 is 15.4 Å². The van der Waals surface area contributed by atoms with E-state index in [0.717, 1.165) is 44.1 Å². The second kappa shape index (κ2) is 10.7. The zero-order valence-corrected chi connectivity index (χ0v) is 16.4. The molecule has 1 heterocycles. The Morgan fingerprint density at radius 1 is 1.18 bits per heavy atom. The number of anilines is 1. The van der Waals surface area contributed by atoms with Gasteiger partial charge in [-0.05, 0) is 43.2 Å². The molecule has 0 aliphatic carbocycles. The molecule has 3 rings (SSSR count). The monoisotopic (exact) mass is 383 g/mol. The molecule has 2 aromatic carbocycles. The predicted octanol–water partition coefficient (Wildman–Crippen LogP) is 3.67. The molecule has 150 valence electrons. The summed E-state index contributed by atoms with van der Waals surface area (Å²) in [5.74, 6) is 0.799. The van der Waals surface area contributed by atoms with Gasteiger partial charge >= 0.3 is 6.03 Å². The summed E-state index contributed by atoms with van der Waals surface area (Å²) in [7, 11) is 0. The van der Waals surface area contributed by atoms with Crippen molar-refractivity contribution < 1.29 is 14.3 Å². The molecule has 6 nitrogen and oxygen atoms in total. The van der Waals surface area contributed by atoms with Crippen molar-refractivity contribution in [3.63, 3.8) is 0 Å². The molecule has 1 aliphatic heterocycles. The summed E-state index contributed by atoms with van der Waals surface area (Å²) >= 11 is 0. The van der Waals surface area contributed by atoms with E-state index in [4.69, 9.17) is 9.47 Å². The van der Waals surface area contributed by atoms with Crippen LogP contribution in [0.4, 0.5) is 10.5 Å². The zero-order chi connectivity index (χ0) is 19.6. The van der Waals surface area contributed by atoms with E-state index >= 15 is 0 Å². The van der Waals surface area contributed by atoms with E-state index < -0.39 is 0 Å². The minimum absolute atomic E-state index is 0.130. The Labute approximate surface area is 166 Å². The Bertz CT molecular complexity index is 722. The van der Waals surface area contributed by atoms with Crippen molar-refractivity contribution in [1.82, 2.24) is 10.2 Å². The van der Waals surface area contributed by atoms with Crippen LogP contribution in [0.5, 0.6) is 5.75 Å². The van der Waals surface area contributed by atoms with E-state index in [1.807, 2.05) is 49.4 Å². The summed E-state index contributed by atoms with van der Waals surface area (Å²) in [5, 5.41) is 5.75. The maximum Gasteiger partial charge on any atom is 0.319 e. The van der Waals surface area contributed by atoms with Gasteiger partial charge in [0.2, 0.25) is 0 Å². The summed E-state index contributed by atoms with van der Waals surface area (Å²) < 4.78 is 11.3. The number of nitrogens with one attached hydrogen (secondary N) is 2. The molecule has 0 aromatic heterocycles. The molecular formula is C22H29N3O3. The smallest absolute Gasteiger partial charge is 0.319 e. The van der Waals surface area contributed by atoms with Crippen LogP contribution in [-0.4, -0.2) is 50.3 Å². The Morgan fingerprint density at radius 3 is 2.71 bits per heavy atom. The Balaban J connectivity index is 1.34. The first kappa shape index (κ1) is 20.2. The van der Waals surface area contributed by atoms with E-state index in [9.17, 15) is 4.79 Å². The highest BCUT2D eigenvalue weighted by molar-refractivity contribution is 5.89. The summed E-state index contributed by atoms with van der Waals surface area (Å²) in [4.78, 5) is 14.4. The molecule has 2 N–H and O–H groups in total. The van der Waals surface area contributed by atoms with E-state index in [0.29, 0.717) is 13.2 Å². The molecule has 28 heavy (non-hydrogen) atoms. The van der Waals surface area contributed by atoms with Gasteiger partial charge in [0.25, 0.3) is 0 Å². The van der Waals surface area contributed by atoms with Crippen molar-refractivity contribution in [2.24, 2.45) is 0 Å². The number of morpholine rings is 1. The van der Waals surface area contributed by atoms with Crippen molar-refractivity contribution >= 4 is 11.7 Å². The maximum absolute atomic E-state index is 12.0. The first-order valence-electron chi connectivity index (χ1n) is 9.91. The number of urea groups is 1. The van der Waals surface area contributed by atoms with Crippen LogP contribution in [0.15, 0.2) is 54.6 Å². The lowest BCUT2D eigenvalue weighted by atomic mass is 10.1. The first-order valence-corrected chi connectivity index (χ1v) is 9.91. The number of nitrogens with zero attached hydrogens (tertiary/aromatic N) is 1. The first-order chi connectivity index (χ1) is 13.7. The third-order valence-corrected chi connectivity index (χ3v) is 4.68. The van der Waals surface area contributed by atoms with Gasteiger partial charge in [-0.15, -0.1) is 0 Å². The lowest BCUT2D eigenvalue weighted by Gasteiger charge is -2.33. The SMILES string of the molecule is CCOc1ccc(NC(=O)NCCCN2CCO[C@H](c3ccccc3)C2)cc1. The molecule has 2 amide bonds. The lowest BCUT2D eigenvalue weighted by molar-refractivity contribution is -0.0301. The highest BCUT2D eigenvalue weighted by Crippen LogP contribution is 2.21. The average molecular weight is 383 g/mol. The van der Waals surface area contributed by atoms with Crippen LogP contribution in [0.2, 0.25) is 0 Å². The molecule has 2 aromatic rings. The second-order valence-electron chi connectivity index (χ2n) is 6.76. The van der Waals surface area contributed by atoms with Crippen LogP contribution in [0, 0.1) is 0 Å². The van der Waals surface area contributed by atoms with Crippen LogP contribution in [0.1, 0.15) is 25.0 Å². The number of carbonyl (C=O) groups is 1. The van der Waals surface area contributed by atoms with Gasteiger partial charge < -0.3 is 20.1 Å². The minimum Gasteiger partial charge on any atom is -0.494 e. The highest BCUT2D eigenvalue weighted by atomic mass is 16.5. The maximum atomic E-state index is 12.0. The number of benzene rings is 2. The van der Waals surface area contributed by atoms with Gasteiger partial charge in [-0.2, -0.15) is 0 Å². The van der Waals surface area contributed by atoms with Gasteiger partial charge in [-0.3, -0.25) is 4.90 Å². The zero-order valence-electron chi connectivity index (χ0n) is 16.4. The highest BCUT2D eigenvalue weighted by Gasteiger charge is 2.21.